The van der Waals surface area contributed by atoms with Crippen LogP contribution in [0.3, 0.4) is 0 Å². The quantitative estimate of drug-likeness (QED) is 0.696. The Balaban J connectivity index is 1.77. The van der Waals surface area contributed by atoms with Gasteiger partial charge in [-0.1, -0.05) is 12.1 Å². The smallest absolute Gasteiger partial charge is 0.239 e. The molecule has 1 aromatic carbocycles. The molecule has 22 heavy (non-hydrogen) atoms. The van der Waals surface area contributed by atoms with Gasteiger partial charge in [-0.25, -0.2) is 4.39 Å². The molecule has 1 unspecified atom stereocenters. The second-order valence-corrected chi connectivity index (χ2v) is 5.98. The van der Waals surface area contributed by atoms with Gasteiger partial charge in [0.1, 0.15) is 5.82 Å². The molecule has 0 aromatic heterocycles. The fraction of sp³-hybridized carbons (Fsp3) is 0.500. The van der Waals surface area contributed by atoms with E-state index < -0.39 is 11.4 Å². The van der Waals surface area contributed by atoms with Crippen LogP contribution in [0.2, 0.25) is 0 Å². The highest BCUT2D eigenvalue weighted by Crippen LogP contribution is 2.39. The Hall–Kier alpha value is -1.95. The first-order valence-corrected chi connectivity index (χ1v) is 7.36. The number of halogens is 1. The van der Waals surface area contributed by atoms with Crippen molar-refractivity contribution in [3.05, 3.63) is 35.6 Å². The Bertz CT molecular complexity index is 560. The van der Waals surface area contributed by atoms with E-state index in [2.05, 4.69) is 10.6 Å². The van der Waals surface area contributed by atoms with Crippen molar-refractivity contribution in [2.45, 2.75) is 31.7 Å². The minimum atomic E-state index is -0.621. The number of hydrogen-bond donors (Lipinski definition) is 3. The van der Waals surface area contributed by atoms with Gasteiger partial charge in [-0.05, 0) is 43.4 Å². The maximum atomic E-state index is 13.0. The van der Waals surface area contributed by atoms with Gasteiger partial charge in [0.25, 0.3) is 0 Å². The Morgan fingerprint density at radius 1 is 1.36 bits per heavy atom. The third kappa shape index (κ3) is 4.53. The van der Waals surface area contributed by atoms with Crippen LogP contribution < -0.4 is 10.6 Å². The molecule has 0 saturated heterocycles. The zero-order chi connectivity index (χ0) is 16.2. The molecule has 0 aliphatic heterocycles. The number of aliphatic hydroxyl groups excluding tert-OH is 1. The van der Waals surface area contributed by atoms with Crippen LogP contribution in [0.1, 0.15) is 25.3 Å². The number of carbonyl (C=O) groups is 2. The maximum absolute atomic E-state index is 13.0. The van der Waals surface area contributed by atoms with Crippen LogP contribution in [-0.4, -0.2) is 35.6 Å². The van der Waals surface area contributed by atoms with Gasteiger partial charge in [0.2, 0.25) is 11.8 Å². The lowest BCUT2D eigenvalue weighted by Gasteiger charge is -2.28. The first kappa shape index (κ1) is 16.4. The van der Waals surface area contributed by atoms with Crippen molar-refractivity contribution in [2.75, 3.05) is 13.2 Å². The summed E-state index contributed by atoms with van der Waals surface area (Å²) in [6.07, 6.45) is 2.00. The minimum Gasteiger partial charge on any atom is -0.394 e. The molecule has 5 nitrogen and oxygen atoms in total. The molecule has 2 amide bonds. The van der Waals surface area contributed by atoms with Gasteiger partial charge in [-0.3, -0.25) is 9.59 Å². The second kappa shape index (κ2) is 6.87. The van der Waals surface area contributed by atoms with Gasteiger partial charge in [0.05, 0.1) is 25.1 Å². The fourth-order valence-corrected chi connectivity index (χ4v) is 2.43. The fourth-order valence-electron chi connectivity index (χ4n) is 2.43. The second-order valence-electron chi connectivity index (χ2n) is 5.98. The average molecular weight is 308 g/mol. The van der Waals surface area contributed by atoms with Gasteiger partial charge in [-0.2, -0.15) is 0 Å². The molecule has 120 valence electrons. The molecule has 1 saturated carbocycles. The lowest BCUT2D eigenvalue weighted by atomic mass is 9.97. The van der Waals surface area contributed by atoms with E-state index >= 15 is 0 Å². The highest BCUT2D eigenvalue weighted by molar-refractivity contribution is 5.86. The Kier molecular flexibility index (Phi) is 5.13. The van der Waals surface area contributed by atoms with Crippen LogP contribution in [0.15, 0.2) is 24.3 Å². The van der Waals surface area contributed by atoms with Gasteiger partial charge >= 0.3 is 0 Å². The summed E-state index contributed by atoms with van der Waals surface area (Å²) < 4.78 is 13.0. The van der Waals surface area contributed by atoms with Crippen LogP contribution in [0, 0.1) is 11.7 Å². The maximum Gasteiger partial charge on any atom is 0.239 e. The minimum absolute atomic E-state index is 0.0188. The third-order valence-electron chi connectivity index (χ3n) is 3.93. The number of aliphatic hydroxyl groups is 1. The van der Waals surface area contributed by atoms with Crippen molar-refractivity contribution in [3.8, 4) is 0 Å². The standard InChI is InChI=1S/C16H21FN2O3/c1-16(10-20,12-5-6-12)19-15(22)9-18-14(21)8-11-3-2-4-13(17)7-11/h2-4,7,12,20H,5-6,8-10H2,1H3,(H,18,21)(H,19,22). The van der Waals surface area contributed by atoms with E-state index in [0.29, 0.717) is 11.5 Å². The number of hydrogen-bond acceptors (Lipinski definition) is 3. The van der Waals surface area contributed by atoms with Gasteiger partial charge in [0.15, 0.2) is 0 Å². The van der Waals surface area contributed by atoms with Crippen molar-refractivity contribution in [1.82, 2.24) is 10.6 Å². The Morgan fingerprint density at radius 3 is 2.68 bits per heavy atom. The van der Waals surface area contributed by atoms with E-state index in [1.165, 1.54) is 18.2 Å². The number of rotatable bonds is 7. The Morgan fingerprint density at radius 2 is 2.09 bits per heavy atom. The molecule has 3 N–H and O–H groups in total. The predicted molar refractivity (Wildman–Crippen MR) is 79.5 cm³/mol. The molecule has 0 radical (unpaired) electrons. The average Bonchev–Trinajstić information content (AvgIpc) is 3.30. The molecule has 1 aromatic rings. The van der Waals surface area contributed by atoms with E-state index in [1.54, 1.807) is 13.0 Å². The monoisotopic (exact) mass is 308 g/mol. The van der Waals surface area contributed by atoms with Crippen LogP contribution >= 0.6 is 0 Å². The van der Waals surface area contributed by atoms with Crippen LogP contribution in [0.25, 0.3) is 0 Å². The number of benzene rings is 1. The SMILES string of the molecule is CC(CO)(NC(=O)CNC(=O)Cc1cccc(F)c1)C1CC1. The van der Waals surface area contributed by atoms with E-state index in [0.717, 1.165) is 12.8 Å². The summed E-state index contributed by atoms with van der Waals surface area (Å²) >= 11 is 0. The summed E-state index contributed by atoms with van der Waals surface area (Å²) in [5, 5.41) is 14.7. The zero-order valence-corrected chi connectivity index (χ0v) is 12.6. The summed E-state index contributed by atoms with van der Waals surface area (Å²) in [4.78, 5) is 23.6. The van der Waals surface area contributed by atoms with E-state index in [4.69, 9.17) is 0 Å². The first-order valence-electron chi connectivity index (χ1n) is 7.36. The van der Waals surface area contributed by atoms with Crippen molar-refractivity contribution >= 4 is 11.8 Å². The topological polar surface area (TPSA) is 78.4 Å². The molecule has 1 aliphatic rings. The van der Waals surface area contributed by atoms with Crippen LogP contribution in [-0.2, 0) is 16.0 Å². The van der Waals surface area contributed by atoms with Gasteiger partial charge in [0, 0.05) is 0 Å². The molecular formula is C16H21FN2O3. The molecule has 1 aliphatic carbocycles. The highest BCUT2D eigenvalue weighted by Gasteiger charge is 2.42. The molecule has 0 spiro atoms. The lowest BCUT2D eigenvalue weighted by molar-refractivity contribution is -0.127. The summed E-state index contributed by atoms with van der Waals surface area (Å²) in [5.41, 5.74) is -0.0687. The molecule has 0 heterocycles. The summed E-state index contributed by atoms with van der Waals surface area (Å²) in [7, 11) is 0. The molecule has 6 heteroatoms. The zero-order valence-electron chi connectivity index (χ0n) is 12.6. The largest absolute Gasteiger partial charge is 0.394 e. The molecule has 2 rings (SSSR count). The number of carbonyl (C=O) groups excluding carboxylic acids is 2. The normalized spacial score (nSPS) is 16.7. The van der Waals surface area contributed by atoms with E-state index in [1.807, 2.05) is 0 Å². The molecule has 1 atom stereocenters. The lowest BCUT2D eigenvalue weighted by Crippen LogP contribution is -2.53. The first-order chi connectivity index (χ1) is 10.4. The van der Waals surface area contributed by atoms with Gasteiger partial charge < -0.3 is 15.7 Å². The molecular weight excluding hydrogens is 287 g/mol. The van der Waals surface area contributed by atoms with Crippen LogP contribution in [0.5, 0.6) is 0 Å². The molecule has 0 bridgehead atoms. The van der Waals surface area contributed by atoms with Crippen LogP contribution in [0.4, 0.5) is 4.39 Å². The Labute approximate surface area is 128 Å². The summed E-state index contributed by atoms with van der Waals surface area (Å²) in [6, 6.07) is 5.78. The van der Waals surface area contributed by atoms with Gasteiger partial charge in [-0.15, -0.1) is 0 Å². The van der Waals surface area contributed by atoms with E-state index in [-0.39, 0.29) is 31.4 Å². The van der Waals surface area contributed by atoms with Crippen molar-refractivity contribution < 1.29 is 19.1 Å². The van der Waals surface area contributed by atoms with Crippen molar-refractivity contribution in [2.24, 2.45) is 5.92 Å². The predicted octanol–water partition coefficient (Wildman–Crippen LogP) is 0.762. The van der Waals surface area contributed by atoms with Crippen molar-refractivity contribution in [3.63, 3.8) is 0 Å². The van der Waals surface area contributed by atoms with Crippen molar-refractivity contribution in [1.29, 1.82) is 0 Å². The third-order valence-corrected chi connectivity index (χ3v) is 3.93. The number of amides is 2. The highest BCUT2D eigenvalue weighted by atomic mass is 19.1. The molecule has 1 fully saturated rings. The summed E-state index contributed by atoms with van der Waals surface area (Å²) in [5.74, 6) is -0.787. The number of nitrogens with one attached hydrogen (secondary N) is 2. The van der Waals surface area contributed by atoms with E-state index in [9.17, 15) is 19.1 Å². The summed E-state index contributed by atoms with van der Waals surface area (Å²) in [6.45, 7) is 1.52.